The number of benzene rings is 2. The number of hydrogen-bond donors (Lipinski definition) is 4. The molecule has 0 aliphatic rings. The molecule has 0 spiro atoms. The smallest absolute Gasteiger partial charge is 0.475 e. The topological polar surface area (TPSA) is 152 Å². The van der Waals surface area contributed by atoms with Crippen LogP contribution in [0.4, 0.5) is 13.2 Å². The van der Waals surface area contributed by atoms with Crippen molar-refractivity contribution in [1.82, 2.24) is 10.2 Å². The molecule has 9 nitrogen and oxygen atoms in total. The summed E-state index contributed by atoms with van der Waals surface area (Å²) in [5.74, 6) is -2.63. The molecule has 3 rings (SSSR count). The molecule has 1 atom stereocenters. The molecule has 0 aliphatic heterocycles. The number of nitrogens with zero attached hydrogens (tertiary/aromatic N) is 1. The molecule has 0 fully saturated rings. The van der Waals surface area contributed by atoms with Gasteiger partial charge in [0.2, 0.25) is 11.8 Å². The average molecular weight is 551 g/mol. The van der Waals surface area contributed by atoms with Crippen LogP contribution in [-0.4, -0.2) is 59.6 Å². The summed E-state index contributed by atoms with van der Waals surface area (Å²) in [5.41, 5.74) is 13.3. The fourth-order valence-corrected chi connectivity index (χ4v) is 3.78. The minimum atomic E-state index is -5.08. The van der Waals surface area contributed by atoms with E-state index in [1.54, 1.807) is 0 Å². The number of aliphatic carboxylic acids is 1. The van der Waals surface area contributed by atoms with Crippen molar-refractivity contribution in [3.8, 4) is 0 Å². The van der Waals surface area contributed by atoms with Crippen LogP contribution in [0.1, 0.15) is 30.6 Å². The molecule has 0 unspecified atom stereocenters. The van der Waals surface area contributed by atoms with E-state index in [9.17, 15) is 22.8 Å². The highest BCUT2D eigenvalue weighted by atomic mass is 19.4. The number of fused-ring (bicyclic) bond motifs is 1. The molecule has 39 heavy (non-hydrogen) atoms. The Labute approximate surface area is 223 Å². The van der Waals surface area contributed by atoms with Gasteiger partial charge in [-0.1, -0.05) is 48.5 Å². The Morgan fingerprint density at radius 1 is 1.00 bits per heavy atom. The standard InChI is InChI=1S/C25H32N4O3.C2HF3O2/c26-14-6-12-22(25(31)28-15-7-10-19-8-2-1-3-9-19)29(24(30)17-27)18-21-16-20-11-4-5-13-23(20)32-21;3-2(4,5)1(6)7/h1-5,8-9,11,13,16,22H,6-7,10,12,14-15,17-18,26-27H2,(H,28,31);(H,6,7)/t22-;/m0./s1. The van der Waals surface area contributed by atoms with E-state index in [0.29, 0.717) is 31.7 Å². The highest BCUT2D eigenvalue weighted by Gasteiger charge is 2.38. The van der Waals surface area contributed by atoms with E-state index in [1.165, 1.54) is 10.5 Å². The Kier molecular flexibility index (Phi) is 12.4. The molecule has 0 radical (unpaired) electrons. The Morgan fingerprint density at radius 2 is 1.64 bits per heavy atom. The first kappa shape index (κ1) is 31.3. The zero-order valence-corrected chi connectivity index (χ0v) is 21.3. The van der Waals surface area contributed by atoms with Gasteiger partial charge < -0.3 is 31.2 Å². The molecule has 0 saturated carbocycles. The van der Waals surface area contributed by atoms with Crippen LogP contribution < -0.4 is 16.8 Å². The van der Waals surface area contributed by atoms with Crippen LogP contribution >= 0.6 is 0 Å². The first-order valence-corrected chi connectivity index (χ1v) is 12.4. The second-order valence-electron chi connectivity index (χ2n) is 8.61. The van der Waals surface area contributed by atoms with Crippen molar-refractivity contribution in [1.29, 1.82) is 0 Å². The van der Waals surface area contributed by atoms with Crippen molar-refractivity contribution in [2.24, 2.45) is 11.5 Å². The predicted octanol–water partition coefficient (Wildman–Crippen LogP) is 3.21. The van der Waals surface area contributed by atoms with E-state index < -0.39 is 18.2 Å². The minimum Gasteiger partial charge on any atom is -0.475 e. The Hall–Kier alpha value is -3.90. The van der Waals surface area contributed by atoms with Gasteiger partial charge in [-0.25, -0.2) is 4.79 Å². The van der Waals surface area contributed by atoms with Gasteiger partial charge in [0.15, 0.2) is 0 Å². The number of carbonyl (C=O) groups excluding carboxylic acids is 2. The van der Waals surface area contributed by atoms with Gasteiger partial charge in [0, 0.05) is 11.9 Å². The molecule has 1 heterocycles. The fourth-order valence-electron chi connectivity index (χ4n) is 3.78. The number of carboxylic acid groups (broad SMARTS) is 1. The third-order valence-electron chi connectivity index (χ3n) is 5.69. The number of amides is 2. The molecule has 12 heteroatoms. The molecular weight excluding hydrogens is 517 g/mol. The van der Waals surface area contributed by atoms with Crippen LogP contribution in [0.15, 0.2) is 65.1 Å². The number of nitrogens with two attached hydrogens (primary N) is 2. The Balaban J connectivity index is 0.000000673. The number of rotatable bonds is 12. The zero-order valence-electron chi connectivity index (χ0n) is 21.3. The lowest BCUT2D eigenvalue weighted by Gasteiger charge is -2.30. The molecule has 3 aromatic rings. The molecule has 2 aromatic carbocycles. The number of carbonyl (C=O) groups is 3. The third-order valence-corrected chi connectivity index (χ3v) is 5.69. The van der Waals surface area contributed by atoms with Gasteiger partial charge in [-0.2, -0.15) is 13.2 Å². The number of nitrogens with one attached hydrogen (secondary N) is 1. The number of hydrogen-bond acceptors (Lipinski definition) is 6. The lowest BCUT2D eigenvalue weighted by molar-refractivity contribution is -0.192. The molecule has 2 amide bonds. The molecular formula is C27H33F3N4O5. The van der Waals surface area contributed by atoms with E-state index in [4.69, 9.17) is 25.8 Å². The van der Waals surface area contributed by atoms with Gasteiger partial charge >= 0.3 is 12.1 Å². The summed E-state index contributed by atoms with van der Waals surface area (Å²) in [5, 5.41) is 11.1. The number of para-hydroxylation sites is 1. The van der Waals surface area contributed by atoms with E-state index in [1.807, 2.05) is 48.5 Å². The fraction of sp³-hybridized carbons (Fsp3) is 0.370. The van der Waals surface area contributed by atoms with Crippen molar-refractivity contribution < 1.29 is 37.1 Å². The largest absolute Gasteiger partial charge is 0.490 e. The maximum atomic E-state index is 13.1. The maximum Gasteiger partial charge on any atom is 0.490 e. The normalized spacial score (nSPS) is 11.8. The van der Waals surface area contributed by atoms with Gasteiger partial charge in [-0.15, -0.1) is 0 Å². The van der Waals surface area contributed by atoms with Crippen LogP contribution in [0.5, 0.6) is 0 Å². The monoisotopic (exact) mass is 550 g/mol. The summed E-state index contributed by atoms with van der Waals surface area (Å²) in [6.45, 7) is 0.966. The third kappa shape index (κ3) is 10.4. The van der Waals surface area contributed by atoms with Gasteiger partial charge in [-0.05, 0) is 49.9 Å². The van der Waals surface area contributed by atoms with Gasteiger partial charge in [0.05, 0.1) is 13.1 Å². The molecule has 212 valence electrons. The van der Waals surface area contributed by atoms with Crippen molar-refractivity contribution >= 4 is 28.8 Å². The number of alkyl halides is 3. The molecule has 1 aromatic heterocycles. The van der Waals surface area contributed by atoms with Gasteiger partial charge in [0.1, 0.15) is 17.4 Å². The number of furan rings is 1. The summed E-state index contributed by atoms with van der Waals surface area (Å²) in [7, 11) is 0. The molecule has 0 saturated heterocycles. The highest BCUT2D eigenvalue weighted by molar-refractivity contribution is 5.88. The van der Waals surface area contributed by atoms with Crippen LogP contribution in [-0.2, 0) is 27.3 Å². The first-order chi connectivity index (χ1) is 18.6. The SMILES string of the molecule is NCCC[C@@H](C(=O)NCCCc1ccccc1)N(Cc1cc2ccccc2o1)C(=O)CN.O=C(O)C(F)(F)F. The Morgan fingerprint density at radius 3 is 2.23 bits per heavy atom. The maximum absolute atomic E-state index is 13.1. The lowest BCUT2D eigenvalue weighted by atomic mass is 10.1. The second-order valence-corrected chi connectivity index (χ2v) is 8.61. The van der Waals surface area contributed by atoms with E-state index >= 15 is 0 Å². The molecule has 6 N–H and O–H groups in total. The summed E-state index contributed by atoms with van der Waals surface area (Å²) in [6.07, 6.45) is -2.31. The number of carboxylic acids is 1. The quantitative estimate of drug-likeness (QED) is 0.253. The summed E-state index contributed by atoms with van der Waals surface area (Å²) in [4.78, 5) is 36.2. The van der Waals surface area contributed by atoms with E-state index in [2.05, 4.69) is 17.4 Å². The van der Waals surface area contributed by atoms with E-state index in [0.717, 1.165) is 23.8 Å². The van der Waals surface area contributed by atoms with Gasteiger partial charge in [-0.3, -0.25) is 9.59 Å². The van der Waals surface area contributed by atoms with Crippen molar-refractivity contribution in [2.45, 2.75) is 44.4 Å². The molecule has 0 bridgehead atoms. The minimum absolute atomic E-state index is 0.178. The van der Waals surface area contributed by atoms with Crippen molar-refractivity contribution in [2.75, 3.05) is 19.6 Å². The number of aryl methyl sites for hydroxylation is 1. The highest BCUT2D eigenvalue weighted by Crippen LogP contribution is 2.22. The average Bonchev–Trinajstić information content (AvgIpc) is 3.33. The molecule has 0 aliphatic carbocycles. The van der Waals surface area contributed by atoms with Crippen LogP contribution in [0.3, 0.4) is 0 Å². The van der Waals surface area contributed by atoms with Crippen molar-refractivity contribution in [3.05, 3.63) is 72.0 Å². The van der Waals surface area contributed by atoms with E-state index in [-0.39, 0.29) is 24.9 Å². The second kappa shape index (κ2) is 15.5. The summed E-state index contributed by atoms with van der Waals surface area (Å²) in [6, 6.07) is 19.0. The van der Waals surface area contributed by atoms with Crippen LogP contribution in [0.25, 0.3) is 11.0 Å². The first-order valence-electron chi connectivity index (χ1n) is 12.4. The van der Waals surface area contributed by atoms with Crippen LogP contribution in [0.2, 0.25) is 0 Å². The van der Waals surface area contributed by atoms with Crippen LogP contribution in [0, 0.1) is 0 Å². The van der Waals surface area contributed by atoms with Gasteiger partial charge in [0.25, 0.3) is 0 Å². The van der Waals surface area contributed by atoms with Crippen molar-refractivity contribution in [3.63, 3.8) is 0 Å². The zero-order chi connectivity index (χ0) is 28.8. The predicted molar refractivity (Wildman–Crippen MR) is 139 cm³/mol. The Bertz CT molecular complexity index is 1170. The summed E-state index contributed by atoms with van der Waals surface area (Å²) >= 11 is 0. The lowest BCUT2D eigenvalue weighted by Crippen LogP contribution is -2.51. The number of halogens is 3. The summed E-state index contributed by atoms with van der Waals surface area (Å²) < 4.78 is 37.6.